The maximum Gasteiger partial charge on any atom is 0.230 e. The summed E-state index contributed by atoms with van der Waals surface area (Å²) in [7, 11) is 0. The molecule has 0 atom stereocenters. The van der Waals surface area contributed by atoms with Crippen molar-refractivity contribution in [3.8, 4) is 21.7 Å². The molecule has 90 valence electrons. The Balaban J connectivity index is 2.24. The normalized spacial score (nSPS) is 10.7. The number of nitrogen functional groups attached to an aromatic ring is 1. The van der Waals surface area contributed by atoms with E-state index in [1.807, 2.05) is 31.2 Å². The molecule has 0 spiro atoms. The van der Waals surface area contributed by atoms with Gasteiger partial charge >= 0.3 is 0 Å². The Morgan fingerprint density at radius 1 is 1.28 bits per heavy atom. The summed E-state index contributed by atoms with van der Waals surface area (Å²) in [5, 5.41) is 4.05. The van der Waals surface area contributed by atoms with Gasteiger partial charge in [0.1, 0.15) is 5.69 Å². The summed E-state index contributed by atoms with van der Waals surface area (Å²) >= 11 is 1.51. The molecule has 3 aromatic rings. The minimum absolute atomic E-state index is 0.340. The molecule has 0 aliphatic carbocycles. The summed E-state index contributed by atoms with van der Waals surface area (Å²) in [5.74, 6) is 0.340. The number of thiazole rings is 1. The molecule has 0 saturated carbocycles. The van der Waals surface area contributed by atoms with Gasteiger partial charge in [0.05, 0.1) is 16.0 Å². The van der Waals surface area contributed by atoms with Crippen molar-refractivity contribution in [2.24, 2.45) is 0 Å². The maximum atomic E-state index is 5.90. The Hall–Kier alpha value is -2.14. The van der Waals surface area contributed by atoms with E-state index in [1.54, 1.807) is 11.7 Å². The van der Waals surface area contributed by atoms with Crippen LogP contribution in [0, 0.1) is 6.92 Å². The van der Waals surface area contributed by atoms with Crippen LogP contribution in [0.1, 0.15) is 5.56 Å². The number of aryl methyl sites for hydroxylation is 1. The van der Waals surface area contributed by atoms with Crippen molar-refractivity contribution in [1.82, 2.24) is 10.1 Å². The first-order valence-electron chi connectivity index (χ1n) is 5.47. The summed E-state index contributed by atoms with van der Waals surface area (Å²) in [5.41, 5.74) is 11.4. The molecule has 2 heterocycles. The van der Waals surface area contributed by atoms with Gasteiger partial charge in [-0.05, 0) is 18.1 Å². The first-order chi connectivity index (χ1) is 8.77. The Bertz CT molecular complexity index is 673. The highest BCUT2D eigenvalue weighted by Gasteiger charge is 2.19. The summed E-state index contributed by atoms with van der Waals surface area (Å²) in [6.07, 6.45) is 1.77. The minimum Gasteiger partial charge on any atom is -0.367 e. The van der Waals surface area contributed by atoms with E-state index >= 15 is 0 Å². The van der Waals surface area contributed by atoms with Crippen LogP contribution in [-0.2, 0) is 0 Å². The van der Waals surface area contributed by atoms with Crippen LogP contribution >= 0.6 is 11.3 Å². The zero-order valence-corrected chi connectivity index (χ0v) is 10.6. The van der Waals surface area contributed by atoms with Crippen LogP contribution in [0.5, 0.6) is 0 Å². The molecule has 0 aliphatic rings. The summed E-state index contributed by atoms with van der Waals surface area (Å²) < 4.78 is 5.14. The number of nitrogens with zero attached hydrogens (tertiary/aromatic N) is 2. The quantitative estimate of drug-likeness (QED) is 0.764. The third kappa shape index (κ3) is 1.69. The van der Waals surface area contributed by atoms with E-state index in [2.05, 4.69) is 10.1 Å². The molecule has 0 aliphatic heterocycles. The number of hydrogen-bond acceptors (Lipinski definition) is 5. The van der Waals surface area contributed by atoms with Gasteiger partial charge in [0.25, 0.3) is 0 Å². The summed E-state index contributed by atoms with van der Waals surface area (Å²) in [4.78, 5) is 5.01. The number of benzene rings is 1. The molecule has 4 nitrogen and oxygen atoms in total. The fourth-order valence-electron chi connectivity index (χ4n) is 1.92. The molecule has 2 aromatic heterocycles. The van der Waals surface area contributed by atoms with Crippen LogP contribution in [-0.4, -0.2) is 10.1 Å². The third-order valence-electron chi connectivity index (χ3n) is 2.80. The molecule has 3 rings (SSSR count). The second-order valence-corrected chi connectivity index (χ2v) is 4.84. The lowest BCUT2D eigenvalue weighted by Crippen LogP contribution is -1.89. The number of aromatic nitrogens is 2. The van der Waals surface area contributed by atoms with E-state index in [-0.39, 0.29) is 0 Å². The van der Waals surface area contributed by atoms with Crippen molar-refractivity contribution < 1.29 is 4.52 Å². The molecule has 0 unspecified atom stereocenters. The van der Waals surface area contributed by atoms with Gasteiger partial charge in [-0.15, -0.1) is 11.3 Å². The van der Waals surface area contributed by atoms with Crippen LogP contribution < -0.4 is 5.73 Å². The first kappa shape index (κ1) is 11.0. The molecular weight excluding hydrogens is 246 g/mol. The second-order valence-electron chi connectivity index (χ2n) is 3.95. The van der Waals surface area contributed by atoms with Crippen LogP contribution in [0.3, 0.4) is 0 Å². The number of hydrogen-bond donors (Lipinski definition) is 1. The standard InChI is InChI=1S/C13H11N3OS/c1-8-4-2-3-5-9(8)11-12(16-17-13(11)14)10-6-15-7-18-10/h2-7H,14H2,1H3. The molecule has 0 radical (unpaired) electrons. The molecule has 2 N–H and O–H groups in total. The van der Waals surface area contributed by atoms with Gasteiger partial charge in [0.15, 0.2) is 0 Å². The maximum absolute atomic E-state index is 5.90. The molecule has 1 aromatic carbocycles. The SMILES string of the molecule is Cc1ccccc1-c1c(-c2cncs2)noc1N. The van der Waals surface area contributed by atoms with Crippen molar-refractivity contribution in [3.05, 3.63) is 41.5 Å². The smallest absolute Gasteiger partial charge is 0.230 e. The zero-order chi connectivity index (χ0) is 12.5. The van der Waals surface area contributed by atoms with Crippen LogP contribution in [0.25, 0.3) is 21.7 Å². The van der Waals surface area contributed by atoms with Crippen LogP contribution in [0.15, 0.2) is 40.5 Å². The van der Waals surface area contributed by atoms with Gasteiger partial charge in [-0.1, -0.05) is 29.4 Å². The van der Waals surface area contributed by atoms with Crippen molar-refractivity contribution >= 4 is 17.2 Å². The van der Waals surface area contributed by atoms with E-state index in [9.17, 15) is 0 Å². The van der Waals surface area contributed by atoms with E-state index in [4.69, 9.17) is 10.3 Å². The number of nitrogens with two attached hydrogens (primary N) is 1. The summed E-state index contributed by atoms with van der Waals surface area (Å²) in [6.45, 7) is 2.04. The fraction of sp³-hybridized carbons (Fsp3) is 0.0769. The second kappa shape index (κ2) is 4.27. The van der Waals surface area contributed by atoms with Gasteiger partial charge in [-0.2, -0.15) is 0 Å². The molecule has 18 heavy (non-hydrogen) atoms. The Morgan fingerprint density at radius 2 is 2.11 bits per heavy atom. The van der Waals surface area contributed by atoms with Crippen molar-refractivity contribution in [3.63, 3.8) is 0 Å². The largest absolute Gasteiger partial charge is 0.367 e. The topological polar surface area (TPSA) is 64.9 Å². The van der Waals surface area contributed by atoms with Gasteiger partial charge < -0.3 is 10.3 Å². The Kier molecular flexibility index (Phi) is 2.60. The number of rotatable bonds is 2. The molecule has 0 fully saturated rings. The van der Waals surface area contributed by atoms with Crippen molar-refractivity contribution in [2.75, 3.05) is 5.73 Å². The lowest BCUT2D eigenvalue weighted by Gasteiger charge is -2.04. The third-order valence-corrected chi connectivity index (χ3v) is 3.58. The average Bonchev–Trinajstić information content (AvgIpc) is 2.99. The first-order valence-corrected chi connectivity index (χ1v) is 6.35. The van der Waals surface area contributed by atoms with Gasteiger partial charge in [0.2, 0.25) is 5.88 Å². The van der Waals surface area contributed by atoms with Crippen LogP contribution in [0.2, 0.25) is 0 Å². The number of anilines is 1. The lowest BCUT2D eigenvalue weighted by molar-refractivity contribution is 0.439. The monoisotopic (exact) mass is 257 g/mol. The molecule has 0 amide bonds. The average molecular weight is 257 g/mol. The van der Waals surface area contributed by atoms with Crippen molar-refractivity contribution in [2.45, 2.75) is 6.92 Å². The Labute approximate surface area is 108 Å². The Morgan fingerprint density at radius 3 is 2.83 bits per heavy atom. The highest BCUT2D eigenvalue weighted by Crippen LogP contribution is 2.38. The predicted octanol–water partition coefficient (Wildman–Crippen LogP) is 3.36. The lowest BCUT2D eigenvalue weighted by atomic mass is 10.00. The molecule has 0 bridgehead atoms. The molecule has 0 saturated heterocycles. The molecular formula is C13H11N3OS. The van der Waals surface area contributed by atoms with Gasteiger partial charge in [-0.3, -0.25) is 4.98 Å². The predicted molar refractivity (Wildman–Crippen MR) is 72.2 cm³/mol. The van der Waals surface area contributed by atoms with Crippen LogP contribution in [0.4, 0.5) is 5.88 Å². The minimum atomic E-state index is 0.340. The summed E-state index contributed by atoms with van der Waals surface area (Å²) in [6, 6.07) is 8.03. The van der Waals surface area contributed by atoms with E-state index in [0.29, 0.717) is 5.88 Å². The van der Waals surface area contributed by atoms with Crippen molar-refractivity contribution in [1.29, 1.82) is 0 Å². The van der Waals surface area contributed by atoms with E-state index < -0.39 is 0 Å². The molecule has 5 heteroatoms. The highest BCUT2D eigenvalue weighted by molar-refractivity contribution is 7.13. The van der Waals surface area contributed by atoms with E-state index in [1.165, 1.54) is 11.3 Å². The fourth-order valence-corrected chi connectivity index (χ4v) is 2.53. The van der Waals surface area contributed by atoms with Gasteiger partial charge in [0, 0.05) is 6.20 Å². The highest BCUT2D eigenvalue weighted by atomic mass is 32.1. The van der Waals surface area contributed by atoms with Gasteiger partial charge in [-0.25, -0.2) is 0 Å². The van der Waals surface area contributed by atoms with E-state index in [0.717, 1.165) is 27.3 Å². The zero-order valence-electron chi connectivity index (χ0n) is 9.75.